The van der Waals surface area contributed by atoms with E-state index < -0.39 is 11.9 Å². The van der Waals surface area contributed by atoms with Crippen LogP contribution in [-0.2, 0) is 4.79 Å². The standard InChI is InChI=1S/C15H14FN3O2/c16-11-6-8-13(9-7-11)18-14(20)10-17-15(21)19-12-4-2-1-3-5-12/h1-9H,10H2,(H,18,20)(H2,17,19,21). The van der Waals surface area contributed by atoms with Crippen molar-refractivity contribution in [1.29, 1.82) is 0 Å². The maximum absolute atomic E-state index is 12.7. The van der Waals surface area contributed by atoms with E-state index in [1.807, 2.05) is 6.07 Å². The Labute approximate surface area is 121 Å². The van der Waals surface area contributed by atoms with Crippen LogP contribution in [0, 0.1) is 5.82 Å². The van der Waals surface area contributed by atoms with E-state index in [0.717, 1.165) is 0 Å². The van der Waals surface area contributed by atoms with Gasteiger partial charge in [-0.15, -0.1) is 0 Å². The van der Waals surface area contributed by atoms with Crippen LogP contribution < -0.4 is 16.0 Å². The molecule has 0 fully saturated rings. The first kappa shape index (κ1) is 14.5. The van der Waals surface area contributed by atoms with Crippen LogP contribution in [0.2, 0.25) is 0 Å². The Kier molecular flexibility index (Phi) is 4.87. The van der Waals surface area contributed by atoms with Crippen LogP contribution in [0.5, 0.6) is 0 Å². The van der Waals surface area contributed by atoms with Gasteiger partial charge in [-0.1, -0.05) is 18.2 Å². The Morgan fingerprint density at radius 2 is 1.48 bits per heavy atom. The molecule has 0 saturated carbocycles. The minimum absolute atomic E-state index is 0.184. The number of benzene rings is 2. The molecule has 0 heterocycles. The number of para-hydroxylation sites is 1. The third kappa shape index (κ3) is 4.94. The van der Waals surface area contributed by atoms with E-state index in [0.29, 0.717) is 11.4 Å². The first-order valence-corrected chi connectivity index (χ1v) is 6.29. The lowest BCUT2D eigenvalue weighted by Crippen LogP contribution is -2.35. The van der Waals surface area contributed by atoms with E-state index in [2.05, 4.69) is 16.0 Å². The molecule has 2 aromatic rings. The van der Waals surface area contributed by atoms with Crippen LogP contribution in [0.3, 0.4) is 0 Å². The van der Waals surface area contributed by atoms with Crippen molar-refractivity contribution in [3.8, 4) is 0 Å². The molecule has 6 heteroatoms. The lowest BCUT2D eigenvalue weighted by molar-refractivity contribution is -0.115. The number of rotatable bonds is 4. The molecular formula is C15H14FN3O2. The molecule has 0 radical (unpaired) electrons. The van der Waals surface area contributed by atoms with Crippen LogP contribution in [0.25, 0.3) is 0 Å². The molecule has 5 nitrogen and oxygen atoms in total. The quantitative estimate of drug-likeness (QED) is 0.809. The molecule has 0 aromatic heterocycles. The molecule has 108 valence electrons. The van der Waals surface area contributed by atoms with Crippen LogP contribution in [-0.4, -0.2) is 18.5 Å². The molecule has 2 rings (SSSR count). The maximum Gasteiger partial charge on any atom is 0.319 e. The Balaban J connectivity index is 1.76. The number of carbonyl (C=O) groups is 2. The average Bonchev–Trinajstić information content (AvgIpc) is 2.49. The van der Waals surface area contributed by atoms with Gasteiger partial charge in [0.15, 0.2) is 0 Å². The molecule has 3 N–H and O–H groups in total. The van der Waals surface area contributed by atoms with Crippen LogP contribution in [0.1, 0.15) is 0 Å². The number of hydrogen-bond acceptors (Lipinski definition) is 2. The third-order valence-electron chi connectivity index (χ3n) is 2.57. The summed E-state index contributed by atoms with van der Waals surface area (Å²) in [6.07, 6.45) is 0. The monoisotopic (exact) mass is 287 g/mol. The van der Waals surface area contributed by atoms with Crippen molar-refractivity contribution in [2.24, 2.45) is 0 Å². The fourth-order valence-electron chi connectivity index (χ4n) is 1.60. The summed E-state index contributed by atoms with van der Waals surface area (Å²) in [5.41, 5.74) is 1.10. The SMILES string of the molecule is O=C(CNC(=O)Nc1ccccc1)Nc1ccc(F)cc1. The predicted octanol–water partition coefficient (Wildman–Crippen LogP) is 2.59. The lowest BCUT2D eigenvalue weighted by Gasteiger charge is -2.08. The van der Waals surface area contributed by atoms with Gasteiger partial charge in [-0.2, -0.15) is 0 Å². The zero-order valence-corrected chi connectivity index (χ0v) is 11.1. The summed E-state index contributed by atoms with van der Waals surface area (Å²) in [6.45, 7) is -0.184. The third-order valence-corrected chi connectivity index (χ3v) is 2.57. The highest BCUT2D eigenvalue weighted by molar-refractivity contribution is 5.96. The molecule has 3 amide bonds. The zero-order chi connectivity index (χ0) is 15.1. The molecule has 0 saturated heterocycles. The van der Waals surface area contributed by atoms with E-state index in [1.54, 1.807) is 24.3 Å². The van der Waals surface area contributed by atoms with Crippen LogP contribution in [0.4, 0.5) is 20.6 Å². The summed E-state index contributed by atoms with van der Waals surface area (Å²) >= 11 is 0. The van der Waals surface area contributed by atoms with Crippen LogP contribution >= 0.6 is 0 Å². The van der Waals surface area contributed by atoms with Gasteiger partial charge in [-0.25, -0.2) is 9.18 Å². The Morgan fingerprint density at radius 3 is 2.14 bits per heavy atom. The molecule has 21 heavy (non-hydrogen) atoms. The molecule has 0 aliphatic carbocycles. The Hall–Kier alpha value is -2.89. The van der Waals surface area contributed by atoms with Crippen molar-refractivity contribution in [3.63, 3.8) is 0 Å². The van der Waals surface area contributed by atoms with Gasteiger partial charge >= 0.3 is 6.03 Å². The van der Waals surface area contributed by atoms with Gasteiger partial charge < -0.3 is 16.0 Å². The molecule has 0 aliphatic heterocycles. The summed E-state index contributed by atoms with van der Waals surface area (Å²) in [5.74, 6) is -0.779. The predicted molar refractivity (Wildman–Crippen MR) is 78.5 cm³/mol. The first-order chi connectivity index (χ1) is 10.1. The second kappa shape index (κ2) is 7.04. The van der Waals surface area contributed by atoms with E-state index in [9.17, 15) is 14.0 Å². The van der Waals surface area contributed by atoms with Crippen molar-refractivity contribution in [3.05, 3.63) is 60.4 Å². The number of nitrogens with one attached hydrogen (secondary N) is 3. The Bertz CT molecular complexity index is 615. The van der Waals surface area contributed by atoms with E-state index in [-0.39, 0.29) is 12.4 Å². The van der Waals surface area contributed by atoms with E-state index in [4.69, 9.17) is 0 Å². The molecule has 0 bridgehead atoms. The van der Waals surface area contributed by atoms with Crippen LogP contribution in [0.15, 0.2) is 54.6 Å². The number of anilines is 2. The average molecular weight is 287 g/mol. The van der Waals surface area contributed by atoms with Crippen molar-refractivity contribution in [2.45, 2.75) is 0 Å². The highest BCUT2D eigenvalue weighted by Gasteiger charge is 2.06. The van der Waals surface area contributed by atoms with Gasteiger partial charge in [0.05, 0.1) is 6.54 Å². The summed E-state index contributed by atoms with van der Waals surface area (Å²) in [6, 6.07) is 13.8. The van der Waals surface area contributed by atoms with E-state index in [1.165, 1.54) is 24.3 Å². The first-order valence-electron chi connectivity index (χ1n) is 6.29. The minimum Gasteiger partial charge on any atom is -0.329 e. The maximum atomic E-state index is 12.7. The number of amides is 3. The largest absolute Gasteiger partial charge is 0.329 e. The van der Waals surface area contributed by atoms with Gasteiger partial charge in [0.1, 0.15) is 5.82 Å². The zero-order valence-electron chi connectivity index (χ0n) is 11.1. The summed E-state index contributed by atoms with van der Waals surface area (Å²) in [5, 5.41) is 7.56. The molecule has 0 atom stereocenters. The molecule has 0 aliphatic rings. The smallest absolute Gasteiger partial charge is 0.319 e. The van der Waals surface area contributed by atoms with Gasteiger partial charge in [-0.05, 0) is 36.4 Å². The van der Waals surface area contributed by atoms with Crippen molar-refractivity contribution < 1.29 is 14.0 Å². The van der Waals surface area contributed by atoms with Crippen molar-refractivity contribution in [1.82, 2.24) is 5.32 Å². The van der Waals surface area contributed by atoms with Gasteiger partial charge in [0.2, 0.25) is 5.91 Å². The van der Waals surface area contributed by atoms with E-state index >= 15 is 0 Å². The normalized spacial score (nSPS) is 9.76. The molecule has 2 aromatic carbocycles. The number of urea groups is 1. The number of hydrogen-bond donors (Lipinski definition) is 3. The van der Waals surface area contributed by atoms with Crippen molar-refractivity contribution >= 4 is 23.3 Å². The topological polar surface area (TPSA) is 70.2 Å². The molecule has 0 spiro atoms. The lowest BCUT2D eigenvalue weighted by atomic mass is 10.3. The summed E-state index contributed by atoms with van der Waals surface area (Å²) in [7, 11) is 0. The number of halogens is 1. The second-order valence-electron chi connectivity index (χ2n) is 4.23. The van der Waals surface area contributed by atoms with Crippen molar-refractivity contribution in [2.75, 3.05) is 17.2 Å². The highest BCUT2D eigenvalue weighted by Crippen LogP contribution is 2.07. The summed E-state index contributed by atoms with van der Waals surface area (Å²) in [4.78, 5) is 23.2. The van der Waals surface area contributed by atoms with Gasteiger partial charge in [0, 0.05) is 11.4 Å². The highest BCUT2D eigenvalue weighted by atomic mass is 19.1. The second-order valence-corrected chi connectivity index (χ2v) is 4.23. The minimum atomic E-state index is -0.476. The molecular weight excluding hydrogens is 273 g/mol. The fourth-order valence-corrected chi connectivity index (χ4v) is 1.60. The molecule has 0 unspecified atom stereocenters. The van der Waals surface area contributed by atoms with Gasteiger partial charge in [-0.3, -0.25) is 4.79 Å². The summed E-state index contributed by atoms with van der Waals surface area (Å²) < 4.78 is 12.7. The fraction of sp³-hybridized carbons (Fsp3) is 0.0667. The van der Waals surface area contributed by atoms with Gasteiger partial charge in [0.25, 0.3) is 0 Å². The Morgan fingerprint density at radius 1 is 0.857 bits per heavy atom. The number of carbonyl (C=O) groups excluding carboxylic acids is 2.